The van der Waals surface area contributed by atoms with Gasteiger partial charge in [-0.15, -0.1) is 35.3 Å². The number of hydrogen-bond donors (Lipinski definition) is 2. The van der Waals surface area contributed by atoms with Gasteiger partial charge in [0.2, 0.25) is 0 Å². The van der Waals surface area contributed by atoms with E-state index in [2.05, 4.69) is 45.7 Å². The summed E-state index contributed by atoms with van der Waals surface area (Å²) in [6.45, 7) is 6.22. The Morgan fingerprint density at radius 2 is 2.07 bits per heavy atom. The molecule has 0 saturated carbocycles. The van der Waals surface area contributed by atoms with Gasteiger partial charge in [-0.05, 0) is 81.1 Å². The summed E-state index contributed by atoms with van der Waals surface area (Å²) in [6, 6.07) is 6.50. The number of rotatable bonds is 6. The maximum atomic E-state index is 6.22. The van der Waals surface area contributed by atoms with Gasteiger partial charge in [0.25, 0.3) is 0 Å². The van der Waals surface area contributed by atoms with E-state index < -0.39 is 0 Å². The zero-order valence-corrected chi connectivity index (χ0v) is 21.0. The number of thiazole rings is 1. The molecular weight excluding hydrogens is 505 g/mol. The summed E-state index contributed by atoms with van der Waals surface area (Å²) in [6.07, 6.45) is 8.28. The monoisotopic (exact) mass is 539 g/mol. The number of piperidine rings is 1. The van der Waals surface area contributed by atoms with Crippen molar-refractivity contribution >= 4 is 47.0 Å². The van der Waals surface area contributed by atoms with Gasteiger partial charge in [-0.1, -0.05) is 19.1 Å². The zero-order chi connectivity index (χ0) is 20.1. The van der Waals surface area contributed by atoms with Crippen LogP contribution in [0.25, 0.3) is 0 Å². The van der Waals surface area contributed by atoms with Crippen LogP contribution in [0.1, 0.15) is 54.4 Å². The first-order chi connectivity index (χ1) is 14.2. The molecule has 164 valence electrons. The highest BCUT2D eigenvalue weighted by molar-refractivity contribution is 14.0. The molecule has 2 heterocycles. The van der Waals surface area contributed by atoms with Crippen LogP contribution < -0.4 is 11.1 Å². The summed E-state index contributed by atoms with van der Waals surface area (Å²) in [5.41, 5.74) is 11.5. The Morgan fingerprint density at radius 3 is 2.83 bits per heavy atom. The number of fused-ring (bicyclic) bond motifs is 1. The maximum absolute atomic E-state index is 6.22. The van der Waals surface area contributed by atoms with Crippen LogP contribution in [0.3, 0.4) is 0 Å². The molecule has 1 saturated heterocycles. The Bertz CT molecular complexity index is 842. The minimum atomic E-state index is 0. The van der Waals surface area contributed by atoms with Crippen LogP contribution in [-0.2, 0) is 25.8 Å². The highest BCUT2D eigenvalue weighted by Crippen LogP contribution is 2.27. The van der Waals surface area contributed by atoms with Crippen molar-refractivity contribution < 1.29 is 0 Å². The first-order valence-electron chi connectivity index (χ1n) is 11.0. The molecule has 1 aromatic heterocycles. The molecule has 0 amide bonds. The molecule has 7 heteroatoms. The summed E-state index contributed by atoms with van der Waals surface area (Å²) < 4.78 is 0. The highest BCUT2D eigenvalue weighted by Gasteiger charge is 2.20. The largest absolute Gasteiger partial charge is 0.370 e. The molecule has 2 aliphatic rings. The molecule has 0 atom stereocenters. The highest BCUT2D eigenvalue weighted by atomic mass is 127. The molecule has 1 aliphatic heterocycles. The number of nitrogens with one attached hydrogen (secondary N) is 1. The van der Waals surface area contributed by atoms with Crippen molar-refractivity contribution in [2.24, 2.45) is 16.6 Å². The predicted octanol–water partition coefficient (Wildman–Crippen LogP) is 4.84. The lowest BCUT2D eigenvalue weighted by molar-refractivity contribution is 0.179. The molecule has 1 aromatic carbocycles. The molecular formula is C23H34IN5S. The van der Waals surface area contributed by atoms with Crippen molar-refractivity contribution in [1.29, 1.82) is 0 Å². The molecule has 1 fully saturated rings. The molecule has 1 aliphatic carbocycles. The van der Waals surface area contributed by atoms with E-state index >= 15 is 0 Å². The smallest absolute Gasteiger partial charge is 0.193 e. The van der Waals surface area contributed by atoms with Gasteiger partial charge in [-0.2, -0.15) is 0 Å². The van der Waals surface area contributed by atoms with Crippen LogP contribution in [0.5, 0.6) is 0 Å². The predicted molar refractivity (Wildman–Crippen MR) is 138 cm³/mol. The third kappa shape index (κ3) is 6.17. The number of aryl methyl sites for hydroxylation is 2. The number of guanidine groups is 1. The average Bonchev–Trinajstić information content (AvgIpc) is 3.21. The number of aromatic nitrogens is 1. The molecule has 5 nitrogen and oxygen atoms in total. The first kappa shape index (κ1) is 23.5. The van der Waals surface area contributed by atoms with Crippen molar-refractivity contribution in [3.05, 3.63) is 45.4 Å². The number of nitrogens with zero attached hydrogens (tertiary/aromatic N) is 3. The fraction of sp³-hybridized carbons (Fsp3) is 0.565. The topological polar surface area (TPSA) is 66.5 Å². The lowest BCUT2D eigenvalue weighted by Gasteiger charge is -2.30. The van der Waals surface area contributed by atoms with E-state index in [0.717, 1.165) is 44.7 Å². The number of anilines is 1. The molecule has 0 radical (unpaired) electrons. The van der Waals surface area contributed by atoms with E-state index in [-0.39, 0.29) is 24.0 Å². The Balaban J connectivity index is 0.00000256. The van der Waals surface area contributed by atoms with Crippen molar-refractivity contribution in [2.45, 2.75) is 58.4 Å². The van der Waals surface area contributed by atoms with Crippen molar-refractivity contribution in [3.63, 3.8) is 0 Å². The van der Waals surface area contributed by atoms with Crippen LogP contribution in [0.15, 0.2) is 28.6 Å². The average molecular weight is 540 g/mol. The summed E-state index contributed by atoms with van der Waals surface area (Å²) in [7, 11) is 0. The first-order valence-corrected chi connectivity index (χ1v) is 11.9. The fourth-order valence-corrected chi connectivity index (χ4v) is 5.18. The van der Waals surface area contributed by atoms with Crippen LogP contribution in [-0.4, -0.2) is 35.5 Å². The minimum Gasteiger partial charge on any atom is -0.370 e. The van der Waals surface area contributed by atoms with E-state index in [1.54, 1.807) is 11.3 Å². The molecule has 2 aromatic rings. The SMILES string of the molecule is CCc1nc(CN2CCC(CN=C(N)Nc3cccc4c3CCCC4)CC2)cs1.I. The van der Waals surface area contributed by atoms with Crippen molar-refractivity contribution in [2.75, 3.05) is 25.0 Å². The van der Waals surface area contributed by atoms with E-state index in [1.165, 1.54) is 53.9 Å². The Labute approximate surface area is 201 Å². The Hall–Kier alpha value is -1.19. The summed E-state index contributed by atoms with van der Waals surface area (Å²) >= 11 is 1.78. The zero-order valence-electron chi connectivity index (χ0n) is 17.9. The normalized spacial score (nSPS) is 18.0. The van der Waals surface area contributed by atoms with Crippen molar-refractivity contribution in [3.8, 4) is 0 Å². The molecule has 4 rings (SSSR count). The molecule has 3 N–H and O–H groups in total. The van der Waals surface area contributed by atoms with Crippen LogP contribution in [0.2, 0.25) is 0 Å². The van der Waals surface area contributed by atoms with Gasteiger partial charge in [0, 0.05) is 24.2 Å². The molecule has 30 heavy (non-hydrogen) atoms. The second kappa shape index (κ2) is 11.4. The van der Waals surface area contributed by atoms with Gasteiger partial charge in [0.1, 0.15) is 0 Å². The van der Waals surface area contributed by atoms with Gasteiger partial charge in [0.05, 0.1) is 10.7 Å². The lowest BCUT2D eigenvalue weighted by atomic mass is 9.90. The van der Waals surface area contributed by atoms with E-state index in [0.29, 0.717) is 11.9 Å². The number of hydrogen-bond acceptors (Lipinski definition) is 4. The number of likely N-dealkylation sites (tertiary alicyclic amines) is 1. The van der Waals surface area contributed by atoms with E-state index in [9.17, 15) is 0 Å². The van der Waals surface area contributed by atoms with E-state index in [1.807, 2.05) is 0 Å². The second-order valence-corrected chi connectivity index (χ2v) is 9.25. The van der Waals surface area contributed by atoms with Gasteiger partial charge < -0.3 is 11.1 Å². The van der Waals surface area contributed by atoms with Crippen LogP contribution >= 0.6 is 35.3 Å². The summed E-state index contributed by atoms with van der Waals surface area (Å²) in [5, 5.41) is 6.82. The van der Waals surface area contributed by atoms with Crippen molar-refractivity contribution in [1.82, 2.24) is 9.88 Å². The number of aliphatic imine (C=N–C) groups is 1. The molecule has 0 unspecified atom stereocenters. The molecule has 0 spiro atoms. The quantitative estimate of drug-likeness (QED) is 0.313. The summed E-state index contributed by atoms with van der Waals surface area (Å²) in [4.78, 5) is 11.9. The fourth-order valence-electron chi connectivity index (χ4n) is 4.44. The summed E-state index contributed by atoms with van der Waals surface area (Å²) in [5.74, 6) is 1.18. The Kier molecular flexibility index (Phi) is 8.95. The minimum absolute atomic E-state index is 0. The number of benzene rings is 1. The number of halogens is 1. The van der Waals surface area contributed by atoms with E-state index in [4.69, 9.17) is 10.7 Å². The molecule has 0 bridgehead atoms. The lowest BCUT2D eigenvalue weighted by Crippen LogP contribution is -2.34. The standard InChI is InChI=1S/C23H33N5S.HI/c1-2-22-26-19(16-29-22)15-28-12-10-17(11-13-28)14-25-23(24)27-21-9-5-7-18-6-3-4-8-20(18)21;/h5,7,9,16-17H,2-4,6,8,10-15H2,1H3,(H3,24,25,27);1H. The maximum Gasteiger partial charge on any atom is 0.193 e. The Morgan fingerprint density at radius 1 is 1.27 bits per heavy atom. The van der Waals surface area contributed by atoms with Crippen LogP contribution in [0.4, 0.5) is 5.69 Å². The second-order valence-electron chi connectivity index (χ2n) is 8.31. The van der Waals surface area contributed by atoms with Gasteiger partial charge in [-0.25, -0.2) is 4.98 Å². The van der Waals surface area contributed by atoms with Crippen LogP contribution in [0, 0.1) is 5.92 Å². The third-order valence-corrected chi connectivity index (χ3v) is 7.21. The van der Waals surface area contributed by atoms with Gasteiger partial charge in [-0.3, -0.25) is 9.89 Å². The number of nitrogens with two attached hydrogens (primary N) is 1. The van der Waals surface area contributed by atoms with Gasteiger partial charge >= 0.3 is 0 Å². The van der Waals surface area contributed by atoms with Gasteiger partial charge in [0.15, 0.2) is 5.96 Å². The third-order valence-electron chi connectivity index (χ3n) is 6.17.